The summed E-state index contributed by atoms with van der Waals surface area (Å²) in [5.41, 5.74) is 2.97. The maximum absolute atomic E-state index is 13.1. The Bertz CT molecular complexity index is 796. The third kappa shape index (κ3) is 3.54. The average molecular weight is 319 g/mol. The monoisotopic (exact) mass is 319 g/mol. The van der Waals surface area contributed by atoms with Crippen LogP contribution >= 0.6 is 0 Å². The number of amides is 1. The quantitative estimate of drug-likeness (QED) is 0.722. The first kappa shape index (κ1) is 16.0. The van der Waals surface area contributed by atoms with E-state index in [1.54, 1.807) is 11.2 Å². The molecule has 1 amide bonds. The van der Waals surface area contributed by atoms with Crippen molar-refractivity contribution in [1.82, 2.24) is 14.5 Å². The first-order chi connectivity index (χ1) is 11.6. The van der Waals surface area contributed by atoms with Crippen molar-refractivity contribution in [3.05, 3.63) is 90.0 Å². The Kier molecular flexibility index (Phi) is 4.75. The molecule has 4 nitrogen and oxygen atoms in total. The molecule has 0 aliphatic carbocycles. The van der Waals surface area contributed by atoms with E-state index in [0.29, 0.717) is 6.54 Å². The SMILES string of the molecule is Cc1cn(C(C(=O)N(C)Cc2ccccc2)c2ccccc2)cn1. The molecule has 0 N–H and O–H groups in total. The number of carbonyl (C=O) groups is 1. The van der Waals surface area contributed by atoms with Gasteiger partial charge in [-0.15, -0.1) is 0 Å². The third-order valence-corrected chi connectivity index (χ3v) is 4.02. The van der Waals surface area contributed by atoms with Gasteiger partial charge in [-0.3, -0.25) is 4.79 Å². The molecular weight excluding hydrogens is 298 g/mol. The Hall–Kier alpha value is -2.88. The second-order valence-electron chi connectivity index (χ2n) is 5.96. The topological polar surface area (TPSA) is 38.1 Å². The Morgan fingerprint density at radius 3 is 2.29 bits per heavy atom. The van der Waals surface area contributed by atoms with Gasteiger partial charge in [-0.25, -0.2) is 4.98 Å². The second kappa shape index (κ2) is 7.13. The minimum absolute atomic E-state index is 0.0439. The van der Waals surface area contributed by atoms with Crippen molar-refractivity contribution in [1.29, 1.82) is 0 Å². The molecule has 0 radical (unpaired) electrons. The Labute approximate surface area is 142 Å². The van der Waals surface area contributed by atoms with E-state index in [1.807, 2.05) is 85.4 Å². The zero-order valence-corrected chi connectivity index (χ0v) is 14.0. The second-order valence-corrected chi connectivity index (χ2v) is 5.96. The van der Waals surface area contributed by atoms with Gasteiger partial charge >= 0.3 is 0 Å². The first-order valence-electron chi connectivity index (χ1n) is 7.99. The molecular formula is C20H21N3O. The van der Waals surface area contributed by atoms with Crippen LogP contribution in [0.15, 0.2) is 73.2 Å². The van der Waals surface area contributed by atoms with Gasteiger partial charge in [-0.1, -0.05) is 60.7 Å². The van der Waals surface area contributed by atoms with Gasteiger partial charge in [0.05, 0.1) is 12.0 Å². The van der Waals surface area contributed by atoms with Crippen LogP contribution in [0.1, 0.15) is 22.9 Å². The van der Waals surface area contributed by atoms with Crippen LogP contribution in [-0.4, -0.2) is 27.4 Å². The van der Waals surface area contributed by atoms with Crippen LogP contribution in [0.5, 0.6) is 0 Å². The molecule has 24 heavy (non-hydrogen) atoms. The molecule has 0 aliphatic heterocycles. The standard InChI is InChI=1S/C20H21N3O/c1-16-13-23(15-21-16)19(18-11-7-4-8-12-18)20(24)22(2)14-17-9-5-3-6-10-17/h3-13,15,19H,14H2,1-2H3. The molecule has 4 heteroatoms. The molecule has 1 atom stereocenters. The van der Waals surface area contributed by atoms with Crippen LogP contribution in [0, 0.1) is 6.92 Å². The van der Waals surface area contributed by atoms with E-state index >= 15 is 0 Å². The molecule has 0 saturated carbocycles. The van der Waals surface area contributed by atoms with E-state index in [4.69, 9.17) is 0 Å². The molecule has 0 fully saturated rings. The molecule has 122 valence electrons. The lowest BCUT2D eigenvalue weighted by molar-refractivity contribution is -0.132. The minimum Gasteiger partial charge on any atom is -0.339 e. The zero-order valence-electron chi connectivity index (χ0n) is 14.0. The summed E-state index contributed by atoms with van der Waals surface area (Å²) in [6, 6.07) is 19.4. The molecule has 0 aliphatic rings. The van der Waals surface area contributed by atoms with Crippen LogP contribution in [0.25, 0.3) is 0 Å². The van der Waals surface area contributed by atoms with Crippen LogP contribution in [0.3, 0.4) is 0 Å². The fourth-order valence-corrected chi connectivity index (χ4v) is 2.80. The van der Waals surface area contributed by atoms with Crippen molar-refractivity contribution in [2.45, 2.75) is 19.5 Å². The molecule has 1 aromatic heterocycles. The minimum atomic E-state index is -0.402. The zero-order chi connectivity index (χ0) is 16.9. The lowest BCUT2D eigenvalue weighted by atomic mass is 10.1. The van der Waals surface area contributed by atoms with E-state index in [0.717, 1.165) is 16.8 Å². The normalized spacial score (nSPS) is 11.9. The molecule has 1 unspecified atom stereocenters. The summed E-state index contributed by atoms with van der Waals surface area (Å²) in [5.74, 6) is 0.0439. The maximum Gasteiger partial charge on any atom is 0.250 e. The number of benzene rings is 2. The van der Waals surface area contributed by atoms with Crippen LogP contribution < -0.4 is 0 Å². The third-order valence-electron chi connectivity index (χ3n) is 4.02. The summed E-state index contributed by atoms with van der Waals surface area (Å²) >= 11 is 0. The van der Waals surface area contributed by atoms with Crippen LogP contribution in [0.4, 0.5) is 0 Å². The first-order valence-corrected chi connectivity index (χ1v) is 7.99. The summed E-state index contributed by atoms with van der Waals surface area (Å²) in [6.07, 6.45) is 3.63. The number of rotatable bonds is 5. The fourth-order valence-electron chi connectivity index (χ4n) is 2.80. The van der Waals surface area contributed by atoms with E-state index < -0.39 is 6.04 Å². The van der Waals surface area contributed by atoms with E-state index in [9.17, 15) is 4.79 Å². The van der Waals surface area contributed by atoms with Crippen molar-refractivity contribution >= 4 is 5.91 Å². The Morgan fingerprint density at radius 2 is 1.71 bits per heavy atom. The van der Waals surface area contributed by atoms with Crippen LogP contribution in [-0.2, 0) is 11.3 Å². The van der Waals surface area contributed by atoms with Gasteiger partial charge in [0.2, 0.25) is 5.91 Å². The molecule has 2 aromatic carbocycles. The van der Waals surface area contributed by atoms with E-state index in [2.05, 4.69) is 4.98 Å². The molecule has 3 aromatic rings. The van der Waals surface area contributed by atoms with Gasteiger partial charge in [0.25, 0.3) is 0 Å². The smallest absolute Gasteiger partial charge is 0.250 e. The predicted octanol–water partition coefficient (Wildman–Crippen LogP) is 3.44. The lowest BCUT2D eigenvalue weighted by Crippen LogP contribution is -2.34. The lowest BCUT2D eigenvalue weighted by Gasteiger charge is -2.25. The highest BCUT2D eigenvalue weighted by Gasteiger charge is 2.25. The number of imidazole rings is 1. The summed E-state index contributed by atoms with van der Waals surface area (Å²) in [4.78, 5) is 19.2. The largest absolute Gasteiger partial charge is 0.339 e. The van der Waals surface area contributed by atoms with E-state index in [1.165, 1.54) is 0 Å². The number of aryl methyl sites for hydroxylation is 1. The highest BCUT2D eigenvalue weighted by Crippen LogP contribution is 2.22. The molecule has 0 spiro atoms. The molecule has 0 saturated heterocycles. The van der Waals surface area contributed by atoms with Gasteiger partial charge in [0.1, 0.15) is 6.04 Å². The number of hydrogen-bond donors (Lipinski definition) is 0. The maximum atomic E-state index is 13.1. The number of nitrogens with zero attached hydrogens (tertiary/aromatic N) is 3. The van der Waals surface area contributed by atoms with Crippen molar-refractivity contribution in [2.75, 3.05) is 7.05 Å². The Morgan fingerprint density at radius 1 is 1.08 bits per heavy atom. The summed E-state index contributed by atoms with van der Waals surface area (Å²) < 4.78 is 1.88. The molecule has 3 rings (SSSR count). The average Bonchev–Trinajstić information content (AvgIpc) is 3.03. The van der Waals surface area contributed by atoms with Gasteiger partial charge < -0.3 is 9.47 Å². The van der Waals surface area contributed by atoms with Crippen LogP contribution in [0.2, 0.25) is 0 Å². The molecule has 0 bridgehead atoms. The van der Waals surface area contributed by atoms with Gasteiger partial charge in [-0.05, 0) is 18.1 Å². The summed E-state index contributed by atoms with van der Waals surface area (Å²) in [7, 11) is 1.84. The fraction of sp³-hybridized carbons (Fsp3) is 0.200. The number of carbonyl (C=O) groups excluding carboxylic acids is 1. The van der Waals surface area contributed by atoms with Crippen molar-refractivity contribution in [3.8, 4) is 0 Å². The number of aromatic nitrogens is 2. The van der Waals surface area contributed by atoms with E-state index in [-0.39, 0.29) is 5.91 Å². The Balaban J connectivity index is 1.89. The summed E-state index contributed by atoms with van der Waals surface area (Å²) in [5, 5.41) is 0. The van der Waals surface area contributed by atoms with Gasteiger partial charge in [0.15, 0.2) is 0 Å². The number of hydrogen-bond acceptors (Lipinski definition) is 2. The number of likely N-dealkylation sites (N-methyl/N-ethyl adjacent to an activating group) is 1. The summed E-state index contributed by atoms with van der Waals surface area (Å²) in [6.45, 7) is 2.51. The highest BCUT2D eigenvalue weighted by molar-refractivity contribution is 5.83. The van der Waals surface area contributed by atoms with Crippen molar-refractivity contribution in [3.63, 3.8) is 0 Å². The predicted molar refractivity (Wildman–Crippen MR) is 94.5 cm³/mol. The van der Waals surface area contributed by atoms with Crippen molar-refractivity contribution in [2.24, 2.45) is 0 Å². The van der Waals surface area contributed by atoms with Gasteiger partial charge in [-0.2, -0.15) is 0 Å². The highest BCUT2D eigenvalue weighted by atomic mass is 16.2. The van der Waals surface area contributed by atoms with Crippen molar-refractivity contribution < 1.29 is 4.79 Å². The molecule has 1 heterocycles. The van der Waals surface area contributed by atoms with Gasteiger partial charge in [0, 0.05) is 19.8 Å².